The summed E-state index contributed by atoms with van der Waals surface area (Å²) >= 11 is 0. The summed E-state index contributed by atoms with van der Waals surface area (Å²) in [5.74, 6) is 0.695. The van der Waals surface area contributed by atoms with Crippen molar-refractivity contribution in [1.82, 2.24) is 0 Å². The quantitative estimate of drug-likeness (QED) is 0.782. The molecule has 1 heterocycles. The number of carboxylic acid groups (broad SMARTS) is 1. The molecule has 1 N–H and O–H groups in total. The molecule has 0 radical (unpaired) electrons. The molecule has 0 unspecified atom stereocenters. The van der Waals surface area contributed by atoms with E-state index in [1.807, 2.05) is 6.07 Å². The molecule has 0 fully saturated rings. The number of benzene rings is 1. The minimum absolute atomic E-state index is 0.232. The normalized spacial score (nSPS) is 25.6. The zero-order valence-corrected chi connectivity index (χ0v) is 8.95. The summed E-state index contributed by atoms with van der Waals surface area (Å²) in [4.78, 5) is 11.3. The van der Waals surface area contributed by atoms with Gasteiger partial charge < -0.3 is 14.6 Å². The lowest BCUT2D eigenvalue weighted by molar-refractivity contribution is -0.143. The van der Waals surface area contributed by atoms with Gasteiger partial charge in [-0.25, -0.2) is 0 Å². The highest BCUT2D eigenvalue weighted by atomic mass is 16.7. The summed E-state index contributed by atoms with van der Waals surface area (Å²) in [7, 11) is 0. The Balaban J connectivity index is 2.19. The fraction of sp³-hybridized carbons (Fsp3) is 0.417. The van der Waals surface area contributed by atoms with E-state index in [9.17, 15) is 9.90 Å². The second-order valence-electron chi connectivity index (χ2n) is 4.46. The number of rotatable bonds is 1. The van der Waals surface area contributed by atoms with Gasteiger partial charge in [0.25, 0.3) is 0 Å². The summed E-state index contributed by atoms with van der Waals surface area (Å²) in [6.45, 7) is 2.00. The zero-order valence-electron chi connectivity index (χ0n) is 8.95. The van der Waals surface area contributed by atoms with Crippen LogP contribution in [0.2, 0.25) is 0 Å². The topological polar surface area (TPSA) is 55.8 Å². The van der Waals surface area contributed by atoms with Crippen molar-refractivity contribution in [1.29, 1.82) is 0 Å². The molecule has 2 aliphatic rings. The van der Waals surface area contributed by atoms with Gasteiger partial charge in [-0.3, -0.25) is 4.79 Å². The Morgan fingerprint density at radius 3 is 3.00 bits per heavy atom. The first kappa shape index (κ1) is 9.51. The van der Waals surface area contributed by atoms with Gasteiger partial charge in [-0.05, 0) is 31.4 Å². The standard InChI is InChI=1S/C12H12O4/c1-12(11(13)14)5-4-7-8(12)2-3-9-10(7)16-6-15-9/h2-3H,4-6H2,1H3,(H,13,14)/t12-/m0/s1. The third-order valence-corrected chi connectivity index (χ3v) is 3.58. The molecule has 1 atom stereocenters. The van der Waals surface area contributed by atoms with Crippen LogP contribution in [0.15, 0.2) is 12.1 Å². The second kappa shape index (κ2) is 2.90. The molecule has 0 spiro atoms. The number of hydrogen-bond donors (Lipinski definition) is 1. The van der Waals surface area contributed by atoms with E-state index in [0.29, 0.717) is 6.42 Å². The molecule has 0 saturated carbocycles. The van der Waals surface area contributed by atoms with E-state index in [-0.39, 0.29) is 6.79 Å². The van der Waals surface area contributed by atoms with Crippen LogP contribution in [0.3, 0.4) is 0 Å². The van der Waals surface area contributed by atoms with Crippen molar-refractivity contribution in [3.05, 3.63) is 23.3 Å². The third-order valence-electron chi connectivity index (χ3n) is 3.58. The highest BCUT2D eigenvalue weighted by molar-refractivity contribution is 5.83. The molecule has 0 bridgehead atoms. The van der Waals surface area contributed by atoms with Gasteiger partial charge >= 0.3 is 5.97 Å². The van der Waals surface area contributed by atoms with Gasteiger partial charge in [-0.2, -0.15) is 0 Å². The van der Waals surface area contributed by atoms with E-state index in [1.165, 1.54) is 0 Å². The van der Waals surface area contributed by atoms with E-state index < -0.39 is 11.4 Å². The molecule has 3 rings (SSSR count). The lowest BCUT2D eigenvalue weighted by Crippen LogP contribution is -2.29. The maximum absolute atomic E-state index is 11.3. The van der Waals surface area contributed by atoms with Gasteiger partial charge in [0.1, 0.15) is 0 Å². The summed E-state index contributed by atoms with van der Waals surface area (Å²) in [5.41, 5.74) is 1.08. The van der Waals surface area contributed by atoms with Crippen LogP contribution in [0.5, 0.6) is 11.5 Å². The summed E-state index contributed by atoms with van der Waals surface area (Å²) in [6.07, 6.45) is 1.36. The van der Waals surface area contributed by atoms with E-state index >= 15 is 0 Å². The predicted molar refractivity (Wildman–Crippen MR) is 55.9 cm³/mol. The first-order valence-corrected chi connectivity index (χ1v) is 5.28. The Kier molecular flexibility index (Phi) is 1.73. The predicted octanol–water partition coefficient (Wildman–Crippen LogP) is 1.70. The molecule has 84 valence electrons. The first-order valence-electron chi connectivity index (χ1n) is 5.28. The number of hydrogen-bond acceptors (Lipinski definition) is 3. The lowest BCUT2D eigenvalue weighted by Gasteiger charge is -2.19. The number of aliphatic carboxylic acids is 1. The second-order valence-corrected chi connectivity index (χ2v) is 4.46. The van der Waals surface area contributed by atoms with Crippen LogP contribution < -0.4 is 9.47 Å². The molecule has 1 aliphatic carbocycles. The van der Waals surface area contributed by atoms with Gasteiger partial charge in [0, 0.05) is 5.56 Å². The summed E-state index contributed by atoms with van der Waals surface area (Å²) < 4.78 is 10.7. The van der Waals surface area contributed by atoms with E-state index in [4.69, 9.17) is 9.47 Å². The van der Waals surface area contributed by atoms with Crippen molar-refractivity contribution in [3.8, 4) is 11.5 Å². The largest absolute Gasteiger partial charge is 0.481 e. The molecule has 1 aromatic carbocycles. The van der Waals surface area contributed by atoms with E-state index in [2.05, 4.69) is 0 Å². The van der Waals surface area contributed by atoms with Crippen molar-refractivity contribution in [2.45, 2.75) is 25.2 Å². The van der Waals surface area contributed by atoms with Crippen molar-refractivity contribution in [2.75, 3.05) is 6.79 Å². The fourth-order valence-electron chi connectivity index (χ4n) is 2.53. The molecular formula is C12H12O4. The SMILES string of the molecule is C[C@]1(C(=O)O)CCc2c1ccc1c2OCO1. The van der Waals surface area contributed by atoms with Crippen LogP contribution in [0, 0.1) is 0 Å². The Bertz CT molecular complexity index is 480. The van der Waals surface area contributed by atoms with E-state index in [1.54, 1.807) is 13.0 Å². The minimum atomic E-state index is -0.781. The Labute approximate surface area is 92.8 Å². The fourth-order valence-corrected chi connectivity index (χ4v) is 2.53. The maximum Gasteiger partial charge on any atom is 0.313 e. The van der Waals surface area contributed by atoms with Gasteiger partial charge in [0.05, 0.1) is 5.41 Å². The summed E-state index contributed by atoms with van der Waals surface area (Å²) in [5, 5.41) is 9.30. The van der Waals surface area contributed by atoms with Crippen molar-refractivity contribution in [2.24, 2.45) is 0 Å². The van der Waals surface area contributed by atoms with Crippen LogP contribution in [-0.2, 0) is 16.6 Å². The number of carbonyl (C=O) groups is 1. The highest BCUT2D eigenvalue weighted by Crippen LogP contribution is 2.48. The molecule has 16 heavy (non-hydrogen) atoms. The van der Waals surface area contributed by atoms with Crippen LogP contribution in [0.1, 0.15) is 24.5 Å². The number of ether oxygens (including phenoxy) is 2. The number of fused-ring (bicyclic) bond motifs is 3. The van der Waals surface area contributed by atoms with Crippen LogP contribution in [-0.4, -0.2) is 17.9 Å². The molecule has 0 aromatic heterocycles. The van der Waals surface area contributed by atoms with Crippen molar-refractivity contribution >= 4 is 5.97 Å². The Morgan fingerprint density at radius 1 is 1.44 bits per heavy atom. The minimum Gasteiger partial charge on any atom is -0.481 e. The van der Waals surface area contributed by atoms with Crippen molar-refractivity contribution < 1.29 is 19.4 Å². The van der Waals surface area contributed by atoms with Gasteiger partial charge in [0.15, 0.2) is 11.5 Å². The third kappa shape index (κ3) is 1.01. The molecular weight excluding hydrogens is 208 g/mol. The Hall–Kier alpha value is -1.71. The maximum atomic E-state index is 11.3. The van der Waals surface area contributed by atoms with E-state index in [0.717, 1.165) is 29.0 Å². The monoisotopic (exact) mass is 220 g/mol. The van der Waals surface area contributed by atoms with Gasteiger partial charge in [-0.15, -0.1) is 0 Å². The lowest BCUT2D eigenvalue weighted by atomic mass is 9.84. The zero-order chi connectivity index (χ0) is 11.3. The van der Waals surface area contributed by atoms with Crippen molar-refractivity contribution in [3.63, 3.8) is 0 Å². The molecule has 4 heteroatoms. The molecule has 4 nitrogen and oxygen atoms in total. The van der Waals surface area contributed by atoms with Gasteiger partial charge in [0.2, 0.25) is 6.79 Å². The number of carboxylic acids is 1. The van der Waals surface area contributed by atoms with Crippen LogP contribution >= 0.6 is 0 Å². The average molecular weight is 220 g/mol. The molecule has 0 amide bonds. The van der Waals surface area contributed by atoms with Crippen LogP contribution in [0.4, 0.5) is 0 Å². The Morgan fingerprint density at radius 2 is 2.25 bits per heavy atom. The molecule has 1 aliphatic heterocycles. The first-order chi connectivity index (χ1) is 7.63. The smallest absolute Gasteiger partial charge is 0.313 e. The molecule has 0 saturated heterocycles. The molecule has 1 aromatic rings. The average Bonchev–Trinajstić information content (AvgIpc) is 2.82. The summed E-state index contributed by atoms with van der Waals surface area (Å²) in [6, 6.07) is 3.65. The van der Waals surface area contributed by atoms with Gasteiger partial charge in [-0.1, -0.05) is 6.07 Å². The van der Waals surface area contributed by atoms with Crippen LogP contribution in [0.25, 0.3) is 0 Å². The highest BCUT2D eigenvalue weighted by Gasteiger charge is 2.43.